The Morgan fingerprint density at radius 3 is 2.86 bits per heavy atom. The van der Waals surface area contributed by atoms with Crippen molar-refractivity contribution in [3.63, 3.8) is 0 Å². The fourth-order valence-corrected chi connectivity index (χ4v) is 2.60. The Bertz CT molecular complexity index is 457. The summed E-state index contributed by atoms with van der Waals surface area (Å²) < 4.78 is 0. The molecular formula is C16H25N3O2. The number of carbonyl (C=O) groups excluding carboxylic acids is 1. The fraction of sp³-hybridized carbons (Fsp3) is 0.562. The lowest BCUT2D eigenvalue weighted by molar-refractivity contribution is -0.117. The number of hydrogen-bond donors (Lipinski definition) is 3. The smallest absolute Gasteiger partial charge is 0.238 e. The molecule has 4 N–H and O–H groups in total. The largest absolute Gasteiger partial charge is 0.396 e. The third kappa shape index (κ3) is 5.46. The second-order valence-electron chi connectivity index (χ2n) is 5.69. The number of aliphatic hydroxyl groups excluding tert-OH is 1. The number of nitrogens with one attached hydrogen (secondary N) is 1. The first-order valence-electron chi connectivity index (χ1n) is 7.65. The number of likely N-dealkylation sites (tertiary alicyclic amines) is 1. The summed E-state index contributed by atoms with van der Waals surface area (Å²) in [5, 5.41) is 11.8. The van der Waals surface area contributed by atoms with Gasteiger partial charge in [-0.3, -0.25) is 9.69 Å². The molecule has 1 fully saturated rings. The summed E-state index contributed by atoms with van der Waals surface area (Å²) >= 11 is 0. The lowest BCUT2D eigenvalue weighted by Gasteiger charge is -2.29. The van der Waals surface area contributed by atoms with Crippen LogP contribution in [0.5, 0.6) is 0 Å². The van der Waals surface area contributed by atoms with Crippen LogP contribution in [0.4, 0.5) is 5.69 Å². The van der Waals surface area contributed by atoms with Gasteiger partial charge in [0.25, 0.3) is 0 Å². The number of benzene rings is 1. The third-order valence-corrected chi connectivity index (χ3v) is 3.83. The summed E-state index contributed by atoms with van der Waals surface area (Å²) in [6, 6.07) is 8.10. The first kappa shape index (κ1) is 15.9. The molecular weight excluding hydrogens is 266 g/mol. The van der Waals surface area contributed by atoms with Crippen LogP contribution in [-0.2, 0) is 11.2 Å². The van der Waals surface area contributed by atoms with Gasteiger partial charge >= 0.3 is 0 Å². The van der Waals surface area contributed by atoms with E-state index in [-0.39, 0.29) is 18.6 Å². The number of anilines is 1. The van der Waals surface area contributed by atoms with Gasteiger partial charge in [-0.15, -0.1) is 0 Å². The molecule has 0 bridgehead atoms. The molecule has 0 radical (unpaired) electrons. The Morgan fingerprint density at radius 1 is 1.38 bits per heavy atom. The minimum absolute atomic E-state index is 0.0183. The van der Waals surface area contributed by atoms with Crippen LogP contribution in [-0.4, -0.2) is 48.2 Å². The number of nitrogens with zero attached hydrogens (tertiary/aromatic N) is 1. The van der Waals surface area contributed by atoms with Gasteiger partial charge < -0.3 is 16.2 Å². The fourth-order valence-electron chi connectivity index (χ4n) is 2.60. The normalized spacial score (nSPS) is 16.9. The molecule has 116 valence electrons. The summed E-state index contributed by atoms with van der Waals surface area (Å²) in [7, 11) is 0. The maximum Gasteiger partial charge on any atom is 0.238 e. The van der Waals surface area contributed by atoms with E-state index in [0.717, 1.165) is 50.0 Å². The number of carbonyl (C=O) groups is 1. The Balaban J connectivity index is 1.81. The van der Waals surface area contributed by atoms with Gasteiger partial charge in [-0.25, -0.2) is 0 Å². The molecule has 21 heavy (non-hydrogen) atoms. The van der Waals surface area contributed by atoms with Gasteiger partial charge in [0, 0.05) is 31.4 Å². The number of piperidine rings is 1. The number of amides is 1. The van der Waals surface area contributed by atoms with Crippen molar-refractivity contribution < 1.29 is 9.90 Å². The predicted molar refractivity (Wildman–Crippen MR) is 84.1 cm³/mol. The van der Waals surface area contributed by atoms with Gasteiger partial charge in [0.05, 0.1) is 6.54 Å². The maximum atomic E-state index is 12.1. The zero-order valence-corrected chi connectivity index (χ0v) is 12.4. The Kier molecular flexibility index (Phi) is 6.17. The topological polar surface area (TPSA) is 78.6 Å². The Hall–Kier alpha value is -1.43. The molecule has 0 aromatic heterocycles. The van der Waals surface area contributed by atoms with E-state index in [9.17, 15) is 4.79 Å². The molecule has 0 saturated carbocycles. The lowest BCUT2D eigenvalue weighted by atomic mass is 10.1. The molecule has 0 atom stereocenters. The van der Waals surface area contributed by atoms with E-state index in [4.69, 9.17) is 10.8 Å². The van der Waals surface area contributed by atoms with Crippen molar-refractivity contribution in [2.75, 3.05) is 31.6 Å². The van der Waals surface area contributed by atoms with Crippen molar-refractivity contribution in [3.8, 4) is 0 Å². The highest BCUT2D eigenvalue weighted by Gasteiger charge is 2.18. The summed E-state index contributed by atoms with van der Waals surface area (Å²) in [5.74, 6) is 0.0183. The molecule has 1 aliphatic rings. The average Bonchev–Trinajstić information content (AvgIpc) is 2.48. The molecule has 5 nitrogen and oxygen atoms in total. The number of rotatable bonds is 6. The number of aliphatic hydroxyl groups is 1. The van der Waals surface area contributed by atoms with Crippen LogP contribution < -0.4 is 11.1 Å². The minimum atomic E-state index is 0.0183. The first-order valence-corrected chi connectivity index (χ1v) is 7.65. The monoisotopic (exact) mass is 291 g/mol. The van der Waals surface area contributed by atoms with Crippen molar-refractivity contribution in [2.45, 2.75) is 31.7 Å². The van der Waals surface area contributed by atoms with Crippen LogP contribution >= 0.6 is 0 Å². The molecule has 1 heterocycles. The number of hydrogen-bond acceptors (Lipinski definition) is 4. The Morgan fingerprint density at radius 2 is 2.14 bits per heavy atom. The number of aryl methyl sites for hydroxylation is 1. The highest BCUT2D eigenvalue weighted by atomic mass is 16.2. The number of nitrogens with two attached hydrogens (primary N) is 1. The van der Waals surface area contributed by atoms with Crippen LogP contribution in [0.1, 0.15) is 24.8 Å². The van der Waals surface area contributed by atoms with Crippen molar-refractivity contribution >= 4 is 11.6 Å². The van der Waals surface area contributed by atoms with E-state index >= 15 is 0 Å². The molecule has 0 unspecified atom stereocenters. The molecule has 2 rings (SSSR count). The molecule has 5 heteroatoms. The van der Waals surface area contributed by atoms with Crippen LogP contribution in [0, 0.1) is 0 Å². The lowest BCUT2D eigenvalue weighted by Crippen LogP contribution is -2.43. The van der Waals surface area contributed by atoms with Crippen molar-refractivity contribution in [1.82, 2.24) is 4.90 Å². The quantitative estimate of drug-likeness (QED) is 0.730. The summed E-state index contributed by atoms with van der Waals surface area (Å²) in [5.41, 5.74) is 7.82. The van der Waals surface area contributed by atoms with Crippen LogP contribution in [0.3, 0.4) is 0 Å². The van der Waals surface area contributed by atoms with Gasteiger partial charge in [-0.1, -0.05) is 12.1 Å². The van der Waals surface area contributed by atoms with E-state index in [1.807, 2.05) is 24.3 Å². The van der Waals surface area contributed by atoms with Gasteiger partial charge in [0.1, 0.15) is 0 Å². The second kappa shape index (κ2) is 8.12. The molecule has 1 aromatic rings. The zero-order chi connectivity index (χ0) is 15.1. The van der Waals surface area contributed by atoms with E-state index in [2.05, 4.69) is 10.2 Å². The standard InChI is InChI=1S/C16H25N3O2/c17-14-6-8-19(9-7-14)12-16(21)18-15-5-1-3-13(11-15)4-2-10-20/h1,3,5,11,14,20H,2,4,6-10,12,17H2,(H,18,21). The average molecular weight is 291 g/mol. The van der Waals surface area contributed by atoms with Crippen LogP contribution in [0.25, 0.3) is 0 Å². The van der Waals surface area contributed by atoms with Gasteiger partial charge in [-0.05, 0) is 43.4 Å². The highest BCUT2D eigenvalue weighted by molar-refractivity contribution is 5.92. The molecule has 1 aromatic carbocycles. The molecule has 0 spiro atoms. The van der Waals surface area contributed by atoms with Gasteiger partial charge in [-0.2, -0.15) is 0 Å². The maximum absolute atomic E-state index is 12.1. The van der Waals surface area contributed by atoms with Gasteiger partial charge in [0.2, 0.25) is 5.91 Å². The molecule has 0 aliphatic carbocycles. The van der Waals surface area contributed by atoms with Gasteiger partial charge in [0.15, 0.2) is 0 Å². The SMILES string of the molecule is NC1CCN(CC(=O)Nc2cccc(CCCO)c2)CC1. The zero-order valence-electron chi connectivity index (χ0n) is 12.4. The predicted octanol–water partition coefficient (Wildman–Crippen LogP) is 0.973. The second-order valence-corrected chi connectivity index (χ2v) is 5.69. The van der Waals surface area contributed by atoms with E-state index in [0.29, 0.717) is 6.54 Å². The van der Waals surface area contributed by atoms with E-state index in [1.165, 1.54) is 0 Å². The molecule has 1 amide bonds. The van der Waals surface area contributed by atoms with E-state index in [1.54, 1.807) is 0 Å². The Labute approximate surface area is 126 Å². The summed E-state index contributed by atoms with van der Waals surface area (Å²) in [6.45, 7) is 2.40. The third-order valence-electron chi connectivity index (χ3n) is 3.83. The van der Waals surface area contributed by atoms with Crippen molar-refractivity contribution in [2.24, 2.45) is 5.73 Å². The highest BCUT2D eigenvalue weighted by Crippen LogP contribution is 2.13. The van der Waals surface area contributed by atoms with Crippen molar-refractivity contribution in [3.05, 3.63) is 29.8 Å². The van der Waals surface area contributed by atoms with Crippen LogP contribution in [0.2, 0.25) is 0 Å². The first-order chi connectivity index (χ1) is 10.2. The van der Waals surface area contributed by atoms with Crippen LogP contribution in [0.15, 0.2) is 24.3 Å². The van der Waals surface area contributed by atoms with Crippen molar-refractivity contribution in [1.29, 1.82) is 0 Å². The van der Waals surface area contributed by atoms with E-state index < -0.39 is 0 Å². The summed E-state index contributed by atoms with van der Waals surface area (Å²) in [4.78, 5) is 14.2. The molecule has 1 saturated heterocycles. The molecule has 1 aliphatic heterocycles. The summed E-state index contributed by atoms with van der Waals surface area (Å²) in [6.07, 6.45) is 3.49. The minimum Gasteiger partial charge on any atom is -0.396 e.